The van der Waals surface area contributed by atoms with Gasteiger partial charge >= 0.3 is 5.97 Å². The van der Waals surface area contributed by atoms with Crippen LogP contribution < -0.4 is 10.3 Å². The number of hydrogen-bond donors (Lipinski definition) is 1. The first kappa shape index (κ1) is 21.7. The molecule has 3 heterocycles. The van der Waals surface area contributed by atoms with Crippen LogP contribution >= 0.6 is 24.0 Å². The predicted molar refractivity (Wildman–Crippen MR) is 121 cm³/mol. The Hall–Kier alpha value is -3.57. The minimum atomic E-state index is -0.626. The monoisotopic (exact) mass is 468 g/mol. The summed E-state index contributed by atoms with van der Waals surface area (Å²) in [4.78, 5) is 56.0. The summed E-state index contributed by atoms with van der Waals surface area (Å²) in [5.41, 5.74) is 3.89. The molecule has 11 heteroatoms. The molecule has 0 unspecified atom stereocenters. The van der Waals surface area contributed by atoms with E-state index in [-0.39, 0.29) is 28.0 Å². The Morgan fingerprint density at radius 3 is 2.56 bits per heavy atom. The summed E-state index contributed by atoms with van der Waals surface area (Å²) >= 11 is 6.19. The molecule has 0 aliphatic carbocycles. The second kappa shape index (κ2) is 8.89. The number of hydrazine groups is 1. The molecule has 2 aliphatic heterocycles. The molecular weight excluding hydrogens is 452 g/mol. The second-order valence-corrected chi connectivity index (χ2v) is 8.25. The van der Waals surface area contributed by atoms with E-state index in [2.05, 4.69) is 10.4 Å². The lowest BCUT2D eigenvalue weighted by atomic mass is 10.1. The number of pyridine rings is 1. The molecule has 1 aromatic carbocycles. The summed E-state index contributed by atoms with van der Waals surface area (Å²) in [5, 5.41) is 0.939. The fourth-order valence-corrected chi connectivity index (χ4v) is 4.53. The van der Waals surface area contributed by atoms with Crippen LogP contribution in [0, 0.1) is 0 Å². The maximum absolute atomic E-state index is 13.2. The Morgan fingerprint density at radius 1 is 1.12 bits per heavy atom. The molecule has 9 nitrogen and oxygen atoms in total. The van der Waals surface area contributed by atoms with E-state index in [1.165, 1.54) is 29.4 Å². The van der Waals surface area contributed by atoms with Gasteiger partial charge in [0.2, 0.25) is 0 Å². The molecule has 0 bridgehead atoms. The van der Waals surface area contributed by atoms with Crippen LogP contribution in [0.5, 0.6) is 0 Å². The number of carbonyl (C=O) groups excluding carboxylic acids is 4. The van der Waals surface area contributed by atoms with Gasteiger partial charge in [-0.3, -0.25) is 34.5 Å². The maximum Gasteiger partial charge on any atom is 0.326 e. The summed E-state index contributed by atoms with van der Waals surface area (Å²) in [6, 6.07) is 9.82. The van der Waals surface area contributed by atoms with E-state index in [0.29, 0.717) is 16.8 Å². The van der Waals surface area contributed by atoms with Crippen molar-refractivity contribution in [1.82, 2.24) is 15.4 Å². The van der Waals surface area contributed by atoms with Crippen molar-refractivity contribution in [3.8, 4) is 0 Å². The fourth-order valence-electron chi connectivity index (χ4n) is 3.28. The molecule has 1 aromatic heterocycles. The predicted octanol–water partition coefficient (Wildman–Crippen LogP) is 1.91. The first-order valence-corrected chi connectivity index (χ1v) is 10.7. The van der Waals surface area contributed by atoms with E-state index in [9.17, 15) is 19.2 Å². The number of fused-ring (bicyclic) bond motifs is 1. The Bertz CT molecular complexity index is 1180. The van der Waals surface area contributed by atoms with Crippen LogP contribution in [-0.2, 0) is 19.1 Å². The lowest BCUT2D eigenvalue weighted by molar-refractivity contribution is -0.142. The van der Waals surface area contributed by atoms with Crippen molar-refractivity contribution in [3.63, 3.8) is 0 Å². The molecule has 3 amide bonds. The van der Waals surface area contributed by atoms with Gasteiger partial charge < -0.3 is 4.74 Å². The average Bonchev–Trinajstić information content (AvgIpc) is 3.22. The molecule has 0 radical (unpaired) electrons. The quantitative estimate of drug-likeness (QED) is 0.403. The highest BCUT2D eigenvalue weighted by Crippen LogP contribution is 2.44. The molecule has 162 valence electrons. The average molecular weight is 469 g/mol. The first-order valence-electron chi connectivity index (χ1n) is 9.50. The van der Waals surface area contributed by atoms with Crippen LogP contribution in [-0.4, -0.2) is 51.2 Å². The number of amides is 3. The number of nitrogens with zero attached hydrogens (tertiary/aromatic N) is 3. The zero-order valence-electron chi connectivity index (χ0n) is 16.7. The number of anilines is 1. The molecule has 0 spiro atoms. The fraction of sp³-hybridized carbons (Fsp3) is 0.143. The highest BCUT2D eigenvalue weighted by molar-refractivity contribution is 8.26. The lowest BCUT2D eigenvalue weighted by Gasteiger charge is -2.16. The van der Waals surface area contributed by atoms with E-state index >= 15 is 0 Å². The van der Waals surface area contributed by atoms with Crippen LogP contribution in [0.25, 0.3) is 5.57 Å². The summed E-state index contributed by atoms with van der Waals surface area (Å²) in [6.45, 7) is 1.58. The highest BCUT2D eigenvalue weighted by Gasteiger charge is 2.43. The number of rotatable bonds is 5. The number of benzene rings is 1. The topological polar surface area (TPSA) is 109 Å². The zero-order chi connectivity index (χ0) is 22.8. The third-order valence-electron chi connectivity index (χ3n) is 4.67. The highest BCUT2D eigenvalue weighted by atomic mass is 32.2. The zero-order valence-corrected chi connectivity index (χ0v) is 18.4. The van der Waals surface area contributed by atoms with E-state index in [1.54, 1.807) is 31.2 Å². The first-order chi connectivity index (χ1) is 15.4. The van der Waals surface area contributed by atoms with E-state index in [4.69, 9.17) is 17.0 Å². The van der Waals surface area contributed by atoms with Gasteiger partial charge in [0.15, 0.2) is 4.32 Å². The van der Waals surface area contributed by atoms with Gasteiger partial charge in [-0.2, -0.15) is 5.01 Å². The van der Waals surface area contributed by atoms with E-state index in [0.717, 1.165) is 16.8 Å². The van der Waals surface area contributed by atoms with Gasteiger partial charge in [0.25, 0.3) is 17.7 Å². The van der Waals surface area contributed by atoms with Crippen molar-refractivity contribution in [1.29, 1.82) is 0 Å². The molecule has 0 saturated carbocycles. The van der Waals surface area contributed by atoms with Gasteiger partial charge in [0.05, 0.1) is 22.8 Å². The van der Waals surface area contributed by atoms with Gasteiger partial charge in [-0.15, -0.1) is 0 Å². The lowest BCUT2D eigenvalue weighted by Crippen LogP contribution is -2.45. The number of aromatic nitrogens is 1. The van der Waals surface area contributed by atoms with Crippen molar-refractivity contribution in [2.24, 2.45) is 0 Å². The third kappa shape index (κ3) is 3.87. The Kier molecular flexibility index (Phi) is 6.01. The number of hydrogen-bond acceptors (Lipinski definition) is 8. The van der Waals surface area contributed by atoms with Crippen molar-refractivity contribution < 1.29 is 23.9 Å². The maximum atomic E-state index is 13.2. The molecule has 0 atom stereocenters. The molecule has 1 saturated heterocycles. The Labute approximate surface area is 192 Å². The molecular formula is C21H16N4O5S2. The molecule has 2 aromatic rings. The van der Waals surface area contributed by atoms with Crippen LogP contribution in [0.4, 0.5) is 5.69 Å². The smallest absolute Gasteiger partial charge is 0.326 e. The molecule has 2 aliphatic rings. The number of para-hydroxylation sites is 1. The summed E-state index contributed by atoms with van der Waals surface area (Å²) in [7, 11) is 0. The van der Waals surface area contributed by atoms with Crippen molar-refractivity contribution in [2.45, 2.75) is 6.92 Å². The third-order valence-corrected chi connectivity index (χ3v) is 6.04. The summed E-state index contributed by atoms with van der Waals surface area (Å²) < 4.78 is 5.04. The van der Waals surface area contributed by atoms with E-state index < -0.39 is 23.7 Å². The summed E-state index contributed by atoms with van der Waals surface area (Å²) in [6.07, 6.45) is 2.90. The number of ether oxygens (including phenoxy) is 1. The standard InChI is InChI=1S/C21H16N4O5S2/c1-2-30-15(26)11-24-14-6-4-3-5-13(14)16(19(24)28)17-20(29)25(21(31)32-17)23-18(27)12-7-9-22-10-8-12/h3-10H,2,11H2,1H3,(H,23,27)/b17-16-. The number of thiocarbonyl (C=S) groups is 1. The number of nitrogens with one attached hydrogen (secondary N) is 1. The van der Waals surface area contributed by atoms with Gasteiger partial charge in [-0.1, -0.05) is 30.0 Å². The molecule has 1 fully saturated rings. The molecule has 4 rings (SSSR count). The summed E-state index contributed by atoms with van der Waals surface area (Å²) in [5.74, 6) is -2.25. The second-order valence-electron chi connectivity index (χ2n) is 6.60. The SMILES string of the molecule is CCOC(=O)CN1C(=O)/C(=C2\SC(=S)N(NC(=O)c3ccncc3)C2=O)c2ccccc21. The van der Waals surface area contributed by atoms with Crippen LogP contribution in [0.1, 0.15) is 22.8 Å². The van der Waals surface area contributed by atoms with Crippen LogP contribution in [0.3, 0.4) is 0 Å². The van der Waals surface area contributed by atoms with Gasteiger partial charge in [-0.25, -0.2) is 0 Å². The van der Waals surface area contributed by atoms with Gasteiger partial charge in [-0.05, 0) is 37.3 Å². The molecule has 1 N–H and O–H groups in total. The largest absolute Gasteiger partial charge is 0.465 e. The minimum Gasteiger partial charge on any atom is -0.465 e. The molecule has 32 heavy (non-hydrogen) atoms. The Morgan fingerprint density at radius 2 is 1.84 bits per heavy atom. The van der Waals surface area contributed by atoms with Crippen molar-refractivity contribution in [3.05, 3.63) is 64.8 Å². The van der Waals surface area contributed by atoms with Gasteiger partial charge in [0.1, 0.15) is 6.54 Å². The normalized spacial score (nSPS) is 17.6. The minimum absolute atomic E-state index is 0.0776. The van der Waals surface area contributed by atoms with Crippen molar-refractivity contribution >= 4 is 63.3 Å². The number of esters is 1. The Balaban J connectivity index is 1.66. The van der Waals surface area contributed by atoms with Crippen molar-refractivity contribution in [2.75, 3.05) is 18.1 Å². The van der Waals surface area contributed by atoms with Gasteiger partial charge in [0, 0.05) is 23.5 Å². The van der Waals surface area contributed by atoms with Crippen LogP contribution in [0.2, 0.25) is 0 Å². The number of thioether (sulfide) groups is 1. The van der Waals surface area contributed by atoms with E-state index in [1.807, 2.05) is 0 Å². The number of carbonyl (C=O) groups is 4. The van der Waals surface area contributed by atoms with Crippen LogP contribution in [0.15, 0.2) is 53.7 Å².